The van der Waals surface area contributed by atoms with Gasteiger partial charge >= 0.3 is 0 Å². The van der Waals surface area contributed by atoms with Gasteiger partial charge in [-0.25, -0.2) is 0 Å². The molecule has 0 radical (unpaired) electrons. The van der Waals surface area contributed by atoms with Crippen LogP contribution in [-0.2, 0) is 16.6 Å². The molecule has 2 aliphatic carbocycles. The molecule has 3 nitrogen and oxygen atoms in total. The Labute approximate surface area is 125 Å². The summed E-state index contributed by atoms with van der Waals surface area (Å²) in [5, 5.41) is 0. The van der Waals surface area contributed by atoms with Crippen molar-refractivity contribution in [1.29, 1.82) is 0 Å². The first-order valence-electron chi connectivity index (χ1n) is 7.58. The Hall–Kier alpha value is -1.90. The average molecular weight is 284 g/mol. The van der Waals surface area contributed by atoms with Crippen molar-refractivity contribution in [3.05, 3.63) is 46.7 Å². The van der Waals surface area contributed by atoms with Crippen molar-refractivity contribution in [2.45, 2.75) is 37.7 Å². The maximum atomic E-state index is 6.36. The molecule has 0 N–H and O–H groups in total. The average Bonchev–Trinajstić information content (AvgIpc) is 2.90. The van der Waals surface area contributed by atoms with Crippen molar-refractivity contribution in [3.8, 4) is 11.5 Å². The smallest absolute Gasteiger partial charge is 0.169 e. The van der Waals surface area contributed by atoms with E-state index >= 15 is 0 Å². The molecule has 3 aliphatic rings. The summed E-state index contributed by atoms with van der Waals surface area (Å²) in [5.41, 5.74) is 4.12. The largest absolute Gasteiger partial charge is 0.497 e. The van der Waals surface area contributed by atoms with Crippen LogP contribution in [0.1, 0.15) is 30.9 Å². The normalized spacial score (nSPS) is 28.2. The van der Waals surface area contributed by atoms with Crippen LogP contribution in [0.25, 0.3) is 0 Å². The molecular weight excluding hydrogens is 264 g/mol. The monoisotopic (exact) mass is 284 g/mol. The van der Waals surface area contributed by atoms with E-state index in [0.29, 0.717) is 0 Å². The van der Waals surface area contributed by atoms with Crippen LogP contribution >= 0.6 is 0 Å². The number of allylic oxidation sites excluding steroid dienone is 2. The Morgan fingerprint density at radius 3 is 2.76 bits per heavy atom. The second kappa shape index (κ2) is 4.30. The van der Waals surface area contributed by atoms with E-state index in [1.54, 1.807) is 14.2 Å². The van der Waals surface area contributed by atoms with Gasteiger partial charge in [0.1, 0.15) is 5.76 Å². The molecule has 3 heteroatoms. The number of aryl methyl sites for hydroxylation is 1. The second-order valence-corrected chi connectivity index (χ2v) is 5.92. The zero-order valence-electron chi connectivity index (χ0n) is 12.7. The molecule has 0 spiro atoms. The van der Waals surface area contributed by atoms with E-state index in [1.807, 2.05) is 6.07 Å². The van der Waals surface area contributed by atoms with Gasteiger partial charge in [0.05, 0.1) is 19.6 Å². The number of ether oxygens (including phenoxy) is 3. The van der Waals surface area contributed by atoms with Crippen molar-refractivity contribution in [2.75, 3.05) is 14.2 Å². The lowest BCUT2D eigenvalue weighted by Crippen LogP contribution is -2.44. The molecule has 1 aromatic rings. The summed E-state index contributed by atoms with van der Waals surface area (Å²) in [6.45, 7) is 2.24. The lowest BCUT2D eigenvalue weighted by atomic mass is 9.61. The highest BCUT2D eigenvalue weighted by atomic mass is 16.6. The molecule has 0 saturated heterocycles. The minimum Gasteiger partial charge on any atom is -0.497 e. The fourth-order valence-electron chi connectivity index (χ4n) is 4.32. The summed E-state index contributed by atoms with van der Waals surface area (Å²) in [5.74, 6) is 2.65. The highest BCUT2D eigenvalue weighted by Gasteiger charge is 2.56. The molecule has 0 bridgehead atoms. The van der Waals surface area contributed by atoms with Gasteiger partial charge < -0.3 is 14.2 Å². The van der Waals surface area contributed by atoms with Crippen molar-refractivity contribution in [1.82, 2.24) is 0 Å². The molecule has 0 saturated carbocycles. The van der Waals surface area contributed by atoms with E-state index in [-0.39, 0.29) is 11.5 Å². The van der Waals surface area contributed by atoms with E-state index < -0.39 is 0 Å². The standard InChI is InChI=1S/C18H20O3/c1-4-18-12-7-5-11-6-9-13(19-2)16(15(11)18)21-17(18)14(20-3)10-8-12/h6,8-10,17H,4-5,7H2,1-3H3/t17-,18?/m1/s1. The molecule has 1 aliphatic heterocycles. The number of rotatable bonds is 3. The van der Waals surface area contributed by atoms with Gasteiger partial charge in [-0.3, -0.25) is 0 Å². The van der Waals surface area contributed by atoms with Gasteiger partial charge in [0.25, 0.3) is 0 Å². The summed E-state index contributed by atoms with van der Waals surface area (Å²) in [4.78, 5) is 0. The number of hydrogen-bond acceptors (Lipinski definition) is 3. The number of methoxy groups -OCH3 is 2. The Balaban J connectivity index is 2.03. The predicted octanol–water partition coefficient (Wildman–Crippen LogP) is 3.52. The molecular formula is C18H20O3. The fraction of sp³-hybridized carbons (Fsp3) is 0.444. The van der Waals surface area contributed by atoms with Gasteiger partial charge in [-0.15, -0.1) is 0 Å². The third kappa shape index (κ3) is 1.39. The quantitative estimate of drug-likeness (QED) is 0.850. The molecule has 0 amide bonds. The Kier molecular flexibility index (Phi) is 2.62. The van der Waals surface area contributed by atoms with Gasteiger partial charge in [-0.2, -0.15) is 0 Å². The van der Waals surface area contributed by atoms with Gasteiger partial charge in [-0.05, 0) is 37.0 Å². The molecule has 1 unspecified atom stereocenters. The second-order valence-electron chi connectivity index (χ2n) is 5.92. The molecule has 1 aromatic carbocycles. The van der Waals surface area contributed by atoms with Crippen molar-refractivity contribution >= 4 is 0 Å². The van der Waals surface area contributed by atoms with E-state index in [0.717, 1.165) is 36.5 Å². The third-order valence-electron chi connectivity index (χ3n) is 5.29. The summed E-state index contributed by atoms with van der Waals surface area (Å²) in [6, 6.07) is 4.22. The minimum atomic E-state index is -0.0719. The zero-order chi connectivity index (χ0) is 14.6. The summed E-state index contributed by atoms with van der Waals surface area (Å²) >= 11 is 0. The van der Waals surface area contributed by atoms with Crippen LogP contribution in [0.2, 0.25) is 0 Å². The van der Waals surface area contributed by atoms with E-state index in [4.69, 9.17) is 14.2 Å². The SMILES string of the molecule is CCC12C3=CC=C(OC)[C@H]1Oc1c(OC)ccc(c12)CC3. The summed E-state index contributed by atoms with van der Waals surface area (Å²) < 4.78 is 17.5. The van der Waals surface area contributed by atoms with Crippen molar-refractivity contribution < 1.29 is 14.2 Å². The Bertz CT molecular complexity index is 671. The van der Waals surface area contributed by atoms with Gasteiger partial charge in [0.2, 0.25) is 0 Å². The van der Waals surface area contributed by atoms with Crippen LogP contribution in [0.15, 0.2) is 35.6 Å². The first-order chi connectivity index (χ1) is 10.3. The first kappa shape index (κ1) is 12.8. The van der Waals surface area contributed by atoms with Crippen LogP contribution in [0, 0.1) is 0 Å². The van der Waals surface area contributed by atoms with Crippen LogP contribution < -0.4 is 9.47 Å². The van der Waals surface area contributed by atoms with Crippen LogP contribution in [-0.4, -0.2) is 20.3 Å². The van der Waals surface area contributed by atoms with Gasteiger partial charge in [0, 0.05) is 5.56 Å². The molecule has 0 aromatic heterocycles. The van der Waals surface area contributed by atoms with Crippen LogP contribution in [0.3, 0.4) is 0 Å². The van der Waals surface area contributed by atoms with Gasteiger partial charge in [-0.1, -0.05) is 24.6 Å². The maximum Gasteiger partial charge on any atom is 0.169 e. The number of benzene rings is 1. The topological polar surface area (TPSA) is 27.7 Å². The van der Waals surface area contributed by atoms with Gasteiger partial charge in [0.15, 0.2) is 17.6 Å². The first-order valence-corrected chi connectivity index (χ1v) is 7.58. The summed E-state index contributed by atoms with van der Waals surface area (Å²) in [7, 11) is 3.43. The van der Waals surface area contributed by atoms with E-state index in [2.05, 4.69) is 25.1 Å². The highest BCUT2D eigenvalue weighted by molar-refractivity contribution is 5.65. The number of hydrogen-bond donors (Lipinski definition) is 0. The maximum absolute atomic E-state index is 6.36. The van der Waals surface area contributed by atoms with Crippen LogP contribution in [0.4, 0.5) is 0 Å². The Morgan fingerprint density at radius 2 is 2.05 bits per heavy atom. The third-order valence-corrected chi connectivity index (χ3v) is 5.29. The predicted molar refractivity (Wildman–Crippen MR) is 80.9 cm³/mol. The summed E-state index contributed by atoms with van der Waals surface area (Å²) in [6.07, 6.45) is 7.43. The van der Waals surface area contributed by atoms with E-state index in [1.165, 1.54) is 16.7 Å². The van der Waals surface area contributed by atoms with Crippen molar-refractivity contribution in [3.63, 3.8) is 0 Å². The highest BCUT2D eigenvalue weighted by Crippen LogP contribution is 2.60. The lowest BCUT2D eigenvalue weighted by Gasteiger charge is -2.42. The van der Waals surface area contributed by atoms with Crippen molar-refractivity contribution in [2.24, 2.45) is 0 Å². The van der Waals surface area contributed by atoms with E-state index in [9.17, 15) is 0 Å². The molecule has 110 valence electrons. The molecule has 21 heavy (non-hydrogen) atoms. The zero-order valence-corrected chi connectivity index (χ0v) is 12.7. The van der Waals surface area contributed by atoms with Crippen LogP contribution in [0.5, 0.6) is 11.5 Å². The fourth-order valence-corrected chi connectivity index (χ4v) is 4.32. The molecule has 4 rings (SSSR count). The lowest BCUT2D eigenvalue weighted by molar-refractivity contribution is 0.112. The molecule has 1 heterocycles. The minimum absolute atomic E-state index is 0.0575. The Morgan fingerprint density at radius 1 is 1.19 bits per heavy atom. The molecule has 0 fully saturated rings. The molecule has 2 atom stereocenters.